The number of rotatable bonds is 6. The van der Waals surface area contributed by atoms with Crippen LogP contribution < -0.4 is 18.9 Å². The summed E-state index contributed by atoms with van der Waals surface area (Å²) in [5, 5.41) is 0. The Morgan fingerprint density at radius 3 is 2.03 bits per heavy atom. The molecule has 0 unspecified atom stereocenters. The number of ether oxygens (including phenoxy) is 4. The third kappa shape index (κ3) is 3.23. The molecule has 148 valence electrons. The van der Waals surface area contributed by atoms with E-state index in [1.807, 2.05) is 48.5 Å². The zero-order chi connectivity index (χ0) is 20.4. The van der Waals surface area contributed by atoms with E-state index in [-0.39, 0.29) is 0 Å². The molecule has 0 N–H and O–H groups in total. The summed E-state index contributed by atoms with van der Waals surface area (Å²) in [7, 11) is 6.41. The van der Waals surface area contributed by atoms with Crippen LogP contribution in [0.15, 0.2) is 59.1 Å². The van der Waals surface area contributed by atoms with Gasteiger partial charge in [-0.15, -0.1) is 0 Å². The van der Waals surface area contributed by atoms with Crippen molar-refractivity contribution in [1.82, 2.24) is 4.98 Å². The van der Waals surface area contributed by atoms with Gasteiger partial charge in [0.05, 0.1) is 34.0 Å². The fraction of sp³-hybridized carbons (Fsp3) is 0.174. The van der Waals surface area contributed by atoms with Gasteiger partial charge in [0.2, 0.25) is 5.75 Å². The Morgan fingerprint density at radius 1 is 0.759 bits per heavy atom. The summed E-state index contributed by atoms with van der Waals surface area (Å²) in [6.07, 6.45) is 1.75. The van der Waals surface area contributed by atoms with Gasteiger partial charge in [-0.3, -0.25) is 4.98 Å². The second-order valence-corrected chi connectivity index (χ2v) is 6.30. The molecule has 4 aromatic rings. The van der Waals surface area contributed by atoms with Crippen molar-refractivity contribution >= 4 is 11.1 Å². The Kier molecular flexibility index (Phi) is 4.99. The van der Waals surface area contributed by atoms with Crippen LogP contribution in [-0.4, -0.2) is 33.4 Å². The van der Waals surface area contributed by atoms with Crippen molar-refractivity contribution in [3.63, 3.8) is 0 Å². The van der Waals surface area contributed by atoms with Gasteiger partial charge in [0, 0.05) is 11.8 Å². The second-order valence-electron chi connectivity index (χ2n) is 6.30. The monoisotopic (exact) mass is 391 g/mol. The van der Waals surface area contributed by atoms with Crippen molar-refractivity contribution in [1.29, 1.82) is 0 Å². The van der Waals surface area contributed by atoms with Gasteiger partial charge in [-0.2, -0.15) is 0 Å². The highest BCUT2D eigenvalue weighted by atomic mass is 16.5. The van der Waals surface area contributed by atoms with Crippen LogP contribution in [-0.2, 0) is 0 Å². The van der Waals surface area contributed by atoms with Crippen LogP contribution in [0, 0.1) is 0 Å². The molecule has 0 aliphatic heterocycles. The van der Waals surface area contributed by atoms with Crippen molar-refractivity contribution in [3.05, 3.63) is 54.7 Å². The van der Waals surface area contributed by atoms with Crippen LogP contribution >= 0.6 is 0 Å². The number of methoxy groups -OCH3 is 4. The van der Waals surface area contributed by atoms with E-state index in [2.05, 4.69) is 4.98 Å². The zero-order valence-electron chi connectivity index (χ0n) is 16.7. The summed E-state index contributed by atoms with van der Waals surface area (Å²) in [5.41, 5.74) is 4.06. The molecule has 0 amide bonds. The summed E-state index contributed by atoms with van der Waals surface area (Å²) in [6.45, 7) is 0. The standard InChI is InChI=1S/C23H21NO5/c1-25-16-9-7-14(8-10-16)22-20(21-17(29-22)6-5-11-24-21)15-12-18(26-2)23(28-4)19(13-15)27-3/h5-13H,1-4H3. The molecule has 0 radical (unpaired) electrons. The molecule has 0 aliphatic rings. The van der Waals surface area contributed by atoms with Gasteiger partial charge in [-0.1, -0.05) is 0 Å². The first-order chi connectivity index (χ1) is 14.2. The summed E-state index contributed by atoms with van der Waals surface area (Å²) < 4.78 is 28.0. The highest BCUT2D eigenvalue weighted by molar-refractivity contribution is 6.00. The molecule has 0 bridgehead atoms. The Morgan fingerprint density at radius 2 is 1.45 bits per heavy atom. The van der Waals surface area contributed by atoms with Gasteiger partial charge < -0.3 is 23.4 Å². The molecule has 4 rings (SSSR count). The van der Waals surface area contributed by atoms with E-state index in [1.165, 1.54) is 0 Å². The lowest BCUT2D eigenvalue weighted by Crippen LogP contribution is -1.96. The predicted molar refractivity (Wildman–Crippen MR) is 111 cm³/mol. The molecule has 0 spiro atoms. The van der Waals surface area contributed by atoms with Crippen LogP contribution in [0.25, 0.3) is 33.6 Å². The van der Waals surface area contributed by atoms with Gasteiger partial charge in [0.15, 0.2) is 17.1 Å². The average molecular weight is 391 g/mol. The molecule has 6 heteroatoms. The van der Waals surface area contributed by atoms with Crippen molar-refractivity contribution < 1.29 is 23.4 Å². The smallest absolute Gasteiger partial charge is 0.203 e. The van der Waals surface area contributed by atoms with Crippen LogP contribution in [0.3, 0.4) is 0 Å². The average Bonchev–Trinajstić information content (AvgIpc) is 3.17. The minimum absolute atomic E-state index is 0.533. The highest BCUT2D eigenvalue weighted by Crippen LogP contribution is 2.46. The van der Waals surface area contributed by atoms with Crippen molar-refractivity contribution in [2.45, 2.75) is 0 Å². The SMILES string of the molecule is COc1ccc(-c2oc3cccnc3c2-c2cc(OC)c(OC)c(OC)c2)cc1. The summed E-state index contributed by atoms with van der Waals surface area (Å²) in [4.78, 5) is 4.56. The minimum Gasteiger partial charge on any atom is -0.497 e. The van der Waals surface area contributed by atoms with Gasteiger partial charge in [0.1, 0.15) is 17.0 Å². The Bertz CT molecular complexity index is 1120. The van der Waals surface area contributed by atoms with E-state index in [4.69, 9.17) is 23.4 Å². The van der Waals surface area contributed by atoms with Crippen LogP contribution in [0.5, 0.6) is 23.0 Å². The third-order valence-electron chi connectivity index (χ3n) is 4.75. The largest absolute Gasteiger partial charge is 0.497 e. The first kappa shape index (κ1) is 18.7. The summed E-state index contributed by atoms with van der Waals surface area (Å²) in [6, 6.07) is 15.3. The van der Waals surface area contributed by atoms with Crippen molar-refractivity contribution in [2.75, 3.05) is 28.4 Å². The van der Waals surface area contributed by atoms with E-state index in [0.29, 0.717) is 28.6 Å². The topological polar surface area (TPSA) is 63.0 Å². The van der Waals surface area contributed by atoms with Gasteiger partial charge >= 0.3 is 0 Å². The van der Waals surface area contributed by atoms with E-state index in [1.54, 1.807) is 34.6 Å². The van der Waals surface area contributed by atoms with Gasteiger partial charge in [-0.25, -0.2) is 0 Å². The Labute approximate surface area is 168 Å². The van der Waals surface area contributed by atoms with E-state index >= 15 is 0 Å². The minimum atomic E-state index is 0.533. The quantitative estimate of drug-likeness (QED) is 0.450. The number of furan rings is 1. The maximum Gasteiger partial charge on any atom is 0.203 e. The van der Waals surface area contributed by atoms with Crippen LogP contribution in [0.1, 0.15) is 0 Å². The van der Waals surface area contributed by atoms with Gasteiger partial charge in [0.25, 0.3) is 0 Å². The molecule has 2 heterocycles. The molecule has 2 aromatic carbocycles. The summed E-state index contributed by atoms with van der Waals surface area (Å²) >= 11 is 0. The normalized spacial score (nSPS) is 10.8. The predicted octanol–water partition coefficient (Wildman–Crippen LogP) is 5.20. The number of hydrogen-bond acceptors (Lipinski definition) is 6. The maximum atomic E-state index is 6.20. The molecule has 0 fully saturated rings. The zero-order valence-corrected chi connectivity index (χ0v) is 16.7. The maximum absolute atomic E-state index is 6.20. The fourth-order valence-corrected chi connectivity index (χ4v) is 3.37. The second kappa shape index (κ2) is 7.75. The molecule has 2 aromatic heterocycles. The number of pyridine rings is 1. The van der Waals surface area contributed by atoms with E-state index < -0.39 is 0 Å². The molecular formula is C23H21NO5. The molecular weight excluding hydrogens is 370 g/mol. The molecule has 0 saturated carbocycles. The lowest BCUT2D eigenvalue weighted by molar-refractivity contribution is 0.324. The number of hydrogen-bond donors (Lipinski definition) is 0. The molecule has 0 aliphatic carbocycles. The van der Waals surface area contributed by atoms with Crippen LogP contribution in [0.4, 0.5) is 0 Å². The Balaban J connectivity index is 2.00. The summed E-state index contributed by atoms with van der Waals surface area (Å²) in [5.74, 6) is 3.14. The lowest BCUT2D eigenvalue weighted by Gasteiger charge is -2.14. The number of nitrogens with zero attached hydrogens (tertiary/aromatic N) is 1. The number of fused-ring (bicyclic) bond motifs is 1. The molecule has 0 saturated heterocycles. The van der Waals surface area contributed by atoms with E-state index in [9.17, 15) is 0 Å². The molecule has 0 atom stereocenters. The van der Waals surface area contributed by atoms with Crippen LogP contribution in [0.2, 0.25) is 0 Å². The number of benzene rings is 2. The van der Waals surface area contributed by atoms with Crippen molar-refractivity contribution in [2.24, 2.45) is 0 Å². The first-order valence-corrected chi connectivity index (χ1v) is 9.02. The Hall–Kier alpha value is -3.67. The van der Waals surface area contributed by atoms with Gasteiger partial charge in [-0.05, 0) is 54.1 Å². The van der Waals surface area contributed by atoms with Crippen molar-refractivity contribution in [3.8, 4) is 45.4 Å². The third-order valence-corrected chi connectivity index (χ3v) is 4.75. The number of aromatic nitrogens is 1. The fourth-order valence-electron chi connectivity index (χ4n) is 3.37. The first-order valence-electron chi connectivity index (χ1n) is 9.02. The lowest BCUT2D eigenvalue weighted by atomic mass is 9.99. The highest BCUT2D eigenvalue weighted by Gasteiger charge is 2.22. The molecule has 29 heavy (non-hydrogen) atoms. The van der Waals surface area contributed by atoms with E-state index in [0.717, 1.165) is 28.0 Å². The molecule has 6 nitrogen and oxygen atoms in total.